The largest absolute Gasteiger partial charge is 0.339 e. The number of hydrogen-bond acceptors (Lipinski definition) is 6. The third kappa shape index (κ3) is 4.24. The number of rotatable bonds is 3. The van der Waals surface area contributed by atoms with E-state index < -0.39 is 15.8 Å². The molecule has 1 atom stereocenters. The van der Waals surface area contributed by atoms with Crippen LogP contribution in [0.2, 0.25) is 0 Å². The molecule has 0 saturated carbocycles. The highest BCUT2D eigenvalue weighted by atomic mass is 32.2. The zero-order valence-corrected chi connectivity index (χ0v) is 16.6. The van der Waals surface area contributed by atoms with E-state index in [-0.39, 0.29) is 23.4 Å². The summed E-state index contributed by atoms with van der Waals surface area (Å²) in [6, 6.07) is 4.98. The summed E-state index contributed by atoms with van der Waals surface area (Å²) in [6.07, 6.45) is 5.39. The Morgan fingerprint density at radius 1 is 1.07 bits per heavy atom. The minimum atomic E-state index is -3.10. The maximum Gasteiger partial charge on any atom is 0.322 e. The van der Waals surface area contributed by atoms with Crippen molar-refractivity contribution in [2.24, 2.45) is 5.92 Å². The summed E-state index contributed by atoms with van der Waals surface area (Å²) >= 11 is 0. The summed E-state index contributed by atoms with van der Waals surface area (Å²) < 4.78 is 24.8. The number of pyridine rings is 1. The molecule has 0 aromatic carbocycles. The van der Waals surface area contributed by atoms with E-state index in [0.717, 1.165) is 0 Å². The first-order valence-electron chi connectivity index (χ1n) is 9.43. The SMILES string of the molecule is O=C(Nc1cccnc1-n1cccn1)N1CCN(C(=O)[C@H]2CCS(=O)(=O)C2)CC1. The van der Waals surface area contributed by atoms with E-state index >= 15 is 0 Å². The average Bonchev–Trinajstić information content (AvgIpc) is 3.37. The van der Waals surface area contributed by atoms with E-state index in [0.29, 0.717) is 44.1 Å². The molecule has 2 fully saturated rings. The fraction of sp³-hybridized carbons (Fsp3) is 0.444. The van der Waals surface area contributed by atoms with Crippen LogP contribution in [0.1, 0.15) is 6.42 Å². The minimum absolute atomic E-state index is 0.0657. The van der Waals surface area contributed by atoms with Crippen molar-refractivity contribution >= 4 is 27.5 Å². The van der Waals surface area contributed by atoms with Crippen molar-refractivity contribution in [2.75, 3.05) is 43.0 Å². The number of nitrogens with zero attached hydrogens (tertiary/aromatic N) is 5. The Hall–Kier alpha value is -2.95. The van der Waals surface area contributed by atoms with Crippen LogP contribution in [-0.4, -0.2) is 82.6 Å². The molecule has 0 unspecified atom stereocenters. The fourth-order valence-corrected chi connectivity index (χ4v) is 5.38. The number of nitrogens with one attached hydrogen (secondary N) is 1. The molecule has 4 rings (SSSR count). The molecule has 11 heteroatoms. The monoisotopic (exact) mass is 418 g/mol. The van der Waals surface area contributed by atoms with Crippen LogP contribution in [-0.2, 0) is 14.6 Å². The van der Waals surface area contributed by atoms with Crippen LogP contribution >= 0.6 is 0 Å². The standard InChI is InChI=1S/C18H22N6O4S/c25-17(14-4-12-29(27,28)13-14)22-8-10-23(11-9-22)18(26)21-15-3-1-5-19-16(15)24-7-2-6-20-24/h1-3,5-7,14H,4,8-13H2,(H,21,26)/t14-/m0/s1. The second-order valence-electron chi connectivity index (χ2n) is 7.17. The summed E-state index contributed by atoms with van der Waals surface area (Å²) in [5.74, 6) is -0.0481. The molecule has 29 heavy (non-hydrogen) atoms. The number of amides is 3. The first-order valence-corrected chi connectivity index (χ1v) is 11.3. The molecular weight excluding hydrogens is 396 g/mol. The van der Waals surface area contributed by atoms with Gasteiger partial charge in [-0.15, -0.1) is 0 Å². The van der Waals surface area contributed by atoms with Gasteiger partial charge >= 0.3 is 6.03 Å². The first kappa shape index (κ1) is 19.4. The molecule has 2 aromatic heterocycles. The van der Waals surface area contributed by atoms with Gasteiger partial charge in [-0.3, -0.25) is 4.79 Å². The normalized spacial score (nSPS) is 21.2. The van der Waals surface area contributed by atoms with E-state index in [4.69, 9.17) is 0 Å². The van der Waals surface area contributed by atoms with E-state index in [1.165, 1.54) is 0 Å². The van der Waals surface area contributed by atoms with E-state index in [1.807, 2.05) is 0 Å². The summed E-state index contributed by atoms with van der Waals surface area (Å²) in [6.45, 7) is 1.55. The van der Waals surface area contributed by atoms with Crippen molar-refractivity contribution in [1.82, 2.24) is 24.6 Å². The zero-order chi connectivity index (χ0) is 20.4. The van der Waals surface area contributed by atoms with Gasteiger partial charge in [0.2, 0.25) is 5.91 Å². The molecule has 2 saturated heterocycles. The van der Waals surface area contributed by atoms with E-state index in [9.17, 15) is 18.0 Å². The second-order valence-corrected chi connectivity index (χ2v) is 9.40. The van der Waals surface area contributed by atoms with Crippen molar-refractivity contribution in [1.29, 1.82) is 0 Å². The number of carbonyl (C=O) groups excluding carboxylic acids is 2. The second kappa shape index (κ2) is 7.82. The highest BCUT2D eigenvalue weighted by Gasteiger charge is 2.36. The number of piperazine rings is 1. The lowest BCUT2D eigenvalue weighted by atomic mass is 10.1. The van der Waals surface area contributed by atoms with Crippen LogP contribution in [0, 0.1) is 5.92 Å². The minimum Gasteiger partial charge on any atom is -0.339 e. The fourth-order valence-electron chi connectivity index (χ4n) is 3.64. The van der Waals surface area contributed by atoms with Crippen LogP contribution in [0.5, 0.6) is 0 Å². The zero-order valence-electron chi connectivity index (χ0n) is 15.8. The topological polar surface area (TPSA) is 118 Å². The van der Waals surface area contributed by atoms with Crippen molar-refractivity contribution < 1.29 is 18.0 Å². The molecule has 2 aliphatic heterocycles. The van der Waals surface area contributed by atoms with Crippen LogP contribution < -0.4 is 5.32 Å². The van der Waals surface area contributed by atoms with E-state index in [1.54, 1.807) is 51.3 Å². The van der Waals surface area contributed by atoms with Gasteiger partial charge in [0, 0.05) is 44.8 Å². The molecule has 2 aromatic rings. The molecule has 1 N–H and O–H groups in total. The van der Waals surface area contributed by atoms with Gasteiger partial charge in [0.15, 0.2) is 15.7 Å². The van der Waals surface area contributed by atoms with Gasteiger partial charge in [0.05, 0.1) is 23.1 Å². The van der Waals surface area contributed by atoms with Gasteiger partial charge in [0.1, 0.15) is 0 Å². The number of aromatic nitrogens is 3. The molecule has 4 heterocycles. The van der Waals surface area contributed by atoms with Gasteiger partial charge < -0.3 is 15.1 Å². The highest BCUT2D eigenvalue weighted by Crippen LogP contribution is 2.22. The van der Waals surface area contributed by atoms with Crippen molar-refractivity contribution in [3.05, 3.63) is 36.8 Å². The molecule has 154 valence electrons. The Morgan fingerprint density at radius 2 is 1.83 bits per heavy atom. The predicted molar refractivity (Wildman–Crippen MR) is 105 cm³/mol. The molecule has 0 bridgehead atoms. The Balaban J connectivity index is 1.35. The number of carbonyl (C=O) groups is 2. The lowest BCUT2D eigenvalue weighted by molar-refractivity contribution is -0.136. The predicted octanol–water partition coefficient (Wildman–Crippen LogP) is 0.378. The first-order chi connectivity index (χ1) is 13.9. The molecule has 0 aliphatic carbocycles. The van der Waals surface area contributed by atoms with Crippen molar-refractivity contribution in [3.63, 3.8) is 0 Å². The van der Waals surface area contributed by atoms with Crippen LogP contribution in [0.4, 0.5) is 10.5 Å². The third-order valence-corrected chi connectivity index (χ3v) is 6.98. The maximum absolute atomic E-state index is 12.7. The smallest absolute Gasteiger partial charge is 0.322 e. The number of sulfone groups is 1. The molecule has 0 spiro atoms. The summed E-state index contributed by atoms with van der Waals surface area (Å²) in [7, 11) is -3.10. The average molecular weight is 418 g/mol. The summed E-state index contributed by atoms with van der Waals surface area (Å²) in [5, 5.41) is 7.01. The Kier molecular flexibility index (Phi) is 5.22. The van der Waals surface area contributed by atoms with Gasteiger partial charge in [-0.25, -0.2) is 22.9 Å². The van der Waals surface area contributed by atoms with Crippen LogP contribution in [0.25, 0.3) is 5.82 Å². The van der Waals surface area contributed by atoms with Crippen molar-refractivity contribution in [3.8, 4) is 5.82 Å². The quantitative estimate of drug-likeness (QED) is 0.770. The summed E-state index contributed by atoms with van der Waals surface area (Å²) in [5.41, 5.74) is 0.538. The molecule has 3 amide bonds. The molecule has 0 radical (unpaired) electrons. The highest BCUT2D eigenvalue weighted by molar-refractivity contribution is 7.91. The van der Waals surface area contributed by atoms with Crippen LogP contribution in [0.15, 0.2) is 36.8 Å². The third-order valence-electron chi connectivity index (χ3n) is 5.21. The van der Waals surface area contributed by atoms with Gasteiger partial charge in [0.25, 0.3) is 0 Å². The lowest BCUT2D eigenvalue weighted by Crippen LogP contribution is -2.53. The molecule has 2 aliphatic rings. The van der Waals surface area contributed by atoms with Crippen LogP contribution in [0.3, 0.4) is 0 Å². The maximum atomic E-state index is 12.7. The Labute approximate surface area is 168 Å². The number of hydrogen-bond donors (Lipinski definition) is 1. The number of urea groups is 1. The Morgan fingerprint density at radius 3 is 2.48 bits per heavy atom. The van der Waals surface area contributed by atoms with Gasteiger partial charge in [-0.2, -0.15) is 5.10 Å². The van der Waals surface area contributed by atoms with Crippen molar-refractivity contribution in [2.45, 2.75) is 6.42 Å². The van der Waals surface area contributed by atoms with Gasteiger partial charge in [-0.1, -0.05) is 0 Å². The van der Waals surface area contributed by atoms with E-state index in [2.05, 4.69) is 15.4 Å². The molecular formula is C18H22N6O4S. The van der Waals surface area contributed by atoms with Gasteiger partial charge in [-0.05, 0) is 24.6 Å². The summed E-state index contributed by atoms with van der Waals surface area (Å²) in [4.78, 5) is 32.8. The number of anilines is 1. The Bertz CT molecular complexity index is 999. The molecule has 10 nitrogen and oxygen atoms in total. The lowest BCUT2D eigenvalue weighted by Gasteiger charge is -2.35.